The maximum absolute atomic E-state index is 13.5. The Kier molecular flexibility index (Phi) is 5.15. The summed E-state index contributed by atoms with van der Waals surface area (Å²) in [5.41, 5.74) is 1.36. The van der Waals surface area contributed by atoms with Gasteiger partial charge in [0.2, 0.25) is 0 Å². The quantitative estimate of drug-likeness (QED) is 0.830. The molecule has 2 aromatic carbocycles. The number of halogens is 3. The molecule has 0 aromatic heterocycles. The SMILES string of the molecule is CCNC(c1cccc(OC)c1)c1cc(F)c(F)cc1Cl. The third-order valence-electron chi connectivity index (χ3n) is 3.19. The molecule has 0 fully saturated rings. The van der Waals surface area contributed by atoms with Crippen molar-refractivity contribution < 1.29 is 13.5 Å². The van der Waals surface area contributed by atoms with Crippen molar-refractivity contribution in [2.45, 2.75) is 13.0 Å². The zero-order valence-corrected chi connectivity index (χ0v) is 12.5. The van der Waals surface area contributed by atoms with Crippen molar-refractivity contribution in [2.75, 3.05) is 13.7 Å². The fraction of sp³-hybridized carbons (Fsp3) is 0.250. The summed E-state index contributed by atoms with van der Waals surface area (Å²) in [5.74, 6) is -1.18. The fourth-order valence-corrected chi connectivity index (χ4v) is 2.45. The zero-order valence-electron chi connectivity index (χ0n) is 11.8. The van der Waals surface area contributed by atoms with E-state index in [1.165, 1.54) is 0 Å². The normalized spacial score (nSPS) is 12.2. The van der Waals surface area contributed by atoms with Gasteiger partial charge in [0.05, 0.1) is 13.2 Å². The minimum absolute atomic E-state index is 0.183. The molecule has 1 atom stereocenters. The summed E-state index contributed by atoms with van der Waals surface area (Å²) >= 11 is 6.08. The Labute approximate surface area is 127 Å². The number of hydrogen-bond acceptors (Lipinski definition) is 2. The van der Waals surface area contributed by atoms with Crippen LogP contribution in [0, 0.1) is 11.6 Å². The monoisotopic (exact) mass is 311 g/mol. The third kappa shape index (κ3) is 3.52. The molecule has 1 unspecified atom stereocenters. The van der Waals surface area contributed by atoms with E-state index in [2.05, 4.69) is 5.32 Å². The second-order valence-corrected chi connectivity index (χ2v) is 4.96. The molecular formula is C16H16ClF2NO. The molecule has 0 heterocycles. The van der Waals surface area contributed by atoms with Gasteiger partial charge in [-0.05, 0) is 41.9 Å². The lowest BCUT2D eigenvalue weighted by Crippen LogP contribution is -2.22. The Hall–Kier alpha value is -1.65. The molecule has 0 radical (unpaired) electrons. The Morgan fingerprint density at radius 1 is 1.19 bits per heavy atom. The van der Waals surface area contributed by atoms with Crippen LogP contribution in [0.4, 0.5) is 8.78 Å². The van der Waals surface area contributed by atoms with Crippen LogP contribution in [0.25, 0.3) is 0 Å². The van der Waals surface area contributed by atoms with Crippen molar-refractivity contribution >= 4 is 11.6 Å². The average molecular weight is 312 g/mol. The van der Waals surface area contributed by atoms with Crippen LogP contribution in [0.1, 0.15) is 24.1 Å². The minimum Gasteiger partial charge on any atom is -0.497 e. The molecule has 0 saturated heterocycles. The lowest BCUT2D eigenvalue weighted by atomic mass is 9.98. The third-order valence-corrected chi connectivity index (χ3v) is 3.51. The Balaban J connectivity index is 2.50. The number of benzene rings is 2. The van der Waals surface area contributed by atoms with Gasteiger partial charge in [0.15, 0.2) is 11.6 Å². The highest BCUT2D eigenvalue weighted by atomic mass is 35.5. The van der Waals surface area contributed by atoms with Gasteiger partial charge in [-0.25, -0.2) is 8.78 Å². The molecular weight excluding hydrogens is 296 g/mol. The number of hydrogen-bond donors (Lipinski definition) is 1. The molecule has 0 aliphatic heterocycles. The topological polar surface area (TPSA) is 21.3 Å². The Morgan fingerprint density at radius 3 is 2.57 bits per heavy atom. The molecule has 0 aliphatic rings. The Morgan fingerprint density at radius 2 is 1.90 bits per heavy atom. The summed E-state index contributed by atoms with van der Waals surface area (Å²) < 4.78 is 32.0. The summed E-state index contributed by atoms with van der Waals surface area (Å²) in [6, 6.07) is 9.17. The average Bonchev–Trinajstić information content (AvgIpc) is 2.49. The van der Waals surface area contributed by atoms with E-state index in [0.29, 0.717) is 17.9 Å². The maximum Gasteiger partial charge on any atom is 0.160 e. The highest BCUT2D eigenvalue weighted by Gasteiger charge is 2.19. The van der Waals surface area contributed by atoms with Crippen molar-refractivity contribution in [3.63, 3.8) is 0 Å². The van der Waals surface area contributed by atoms with Gasteiger partial charge in [0.25, 0.3) is 0 Å². The zero-order chi connectivity index (χ0) is 15.4. The van der Waals surface area contributed by atoms with Crippen LogP contribution in [-0.2, 0) is 0 Å². The van der Waals surface area contributed by atoms with Crippen LogP contribution >= 0.6 is 11.6 Å². The van der Waals surface area contributed by atoms with Gasteiger partial charge in [-0.1, -0.05) is 30.7 Å². The molecule has 0 saturated carbocycles. The van der Waals surface area contributed by atoms with E-state index < -0.39 is 11.6 Å². The summed E-state index contributed by atoms with van der Waals surface area (Å²) in [6.45, 7) is 2.58. The molecule has 0 bridgehead atoms. The van der Waals surface area contributed by atoms with Gasteiger partial charge >= 0.3 is 0 Å². The van der Waals surface area contributed by atoms with Crippen LogP contribution < -0.4 is 10.1 Å². The van der Waals surface area contributed by atoms with Crippen molar-refractivity contribution in [3.8, 4) is 5.75 Å². The predicted molar refractivity (Wildman–Crippen MR) is 79.9 cm³/mol. The molecule has 2 nitrogen and oxygen atoms in total. The first-order valence-corrected chi connectivity index (χ1v) is 6.96. The van der Waals surface area contributed by atoms with Crippen LogP contribution in [0.15, 0.2) is 36.4 Å². The molecule has 21 heavy (non-hydrogen) atoms. The van der Waals surface area contributed by atoms with Gasteiger partial charge in [0.1, 0.15) is 5.75 Å². The van der Waals surface area contributed by atoms with E-state index in [-0.39, 0.29) is 11.1 Å². The summed E-state index contributed by atoms with van der Waals surface area (Å²) in [7, 11) is 1.58. The van der Waals surface area contributed by atoms with Crippen molar-refractivity contribution in [2.24, 2.45) is 0 Å². The number of ether oxygens (including phenoxy) is 1. The van der Waals surface area contributed by atoms with Crippen LogP contribution in [0.5, 0.6) is 5.75 Å². The van der Waals surface area contributed by atoms with Crippen LogP contribution in [0.3, 0.4) is 0 Å². The second kappa shape index (κ2) is 6.87. The summed E-state index contributed by atoms with van der Waals surface area (Å²) in [4.78, 5) is 0. The molecule has 1 N–H and O–H groups in total. The maximum atomic E-state index is 13.5. The van der Waals surface area contributed by atoms with Gasteiger partial charge in [0, 0.05) is 5.02 Å². The summed E-state index contributed by atoms with van der Waals surface area (Å²) in [6.07, 6.45) is 0. The largest absolute Gasteiger partial charge is 0.497 e. The van der Waals surface area contributed by atoms with Crippen molar-refractivity contribution in [1.29, 1.82) is 0 Å². The van der Waals surface area contributed by atoms with E-state index in [4.69, 9.17) is 16.3 Å². The molecule has 2 aromatic rings. The lowest BCUT2D eigenvalue weighted by Gasteiger charge is -2.21. The van der Waals surface area contributed by atoms with E-state index in [0.717, 1.165) is 17.7 Å². The summed E-state index contributed by atoms with van der Waals surface area (Å²) in [5, 5.41) is 3.41. The predicted octanol–water partition coefficient (Wildman–Crippen LogP) is 4.33. The van der Waals surface area contributed by atoms with Crippen molar-refractivity contribution in [1.82, 2.24) is 5.32 Å². The van der Waals surface area contributed by atoms with E-state index in [9.17, 15) is 8.78 Å². The van der Waals surface area contributed by atoms with Crippen LogP contribution in [0.2, 0.25) is 5.02 Å². The van der Waals surface area contributed by atoms with Gasteiger partial charge in [-0.15, -0.1) is 0 Å². The minimum atomic E-state index is -0.954. The molecule has 0 aliphatic carbocycles. The lowest BCUT2D eigenvalue weighted by molar-refractivity contribution is 0.413. The first kappa shape index (κ1) is 15.7. The standard InChI is InChI=1S/C16H16ClF2NO/c1-3-20-16(10-5-4-6-11(7-10)21-2)12-8-14(18)15(19)9-13(12)17/h4-9,16,20H,3H2,1-2H3. The van der Waals surface area contributed by atoms with E-state index in [1.54, 1.807) is 7.11 Å². The molecule has 112 valence electrons. The number of methoxy groups -OCH3 is 1. The first-order chi connectivity index (χ1) is 10.1. The fourth-order valence-electron chi connectivity index (χ4n) is 2.19. The van der Waals surface area contributed by atoms with Gasteiger partial charge in [-0.2, -0.15) is 0 Å². The Bertz CT molecular complexity index is 634. The van der Waals surface area contributed by atoms with Gasteiger partial charge < -0.3 is 10.1 Å². The van der Waals surface area contributed by atoms with E-state index in [1.807, 2.05) is 31.2 Å². The van der Waals surface area contributed by atoms with Gasteiger partial charge in [-0.3, -0.25) is 0 Å². The second-order valence-electron chi connectivity index (χ2n) is 4.56. The number of nitrogens with one attached hydrogen (secondary N) is 1. The highest BCUT2D eigenvalue weighted by molar-refractivity contribution is 6.31. The molecule has 0 spiro atoms. The van der Waals surface area contributed by atoms with E-state index >= 15 is 0 Å². The van der Waals surface area contributed by atoms with Crippen molar-refractivity contribution in [3.05, 3.63) is 64.2 Å². The molecule has 0 amide bonds. The smallest absolute Gasteiger partial charge is 0.160 e. The first-order valence-electron chi connectivity index (χ1n) is 6.58. The highest BCUT2D eigenvalue weighted by Crippen LogP contribution is 2.31. The van der Waals surface area contributed by atoms with Crippen LogP contribution in [-0.4, -0.2) is 13.7 Å². The number of rotatable bonds is 5. The molecule has 2 rings (SSSR count). The molecule has 5 heteroatoms.